The molecule has 1 aliphatic heterocycles. The highest BCUT2D eigenvalue weighted by molar-refractivity contribution is 5.00. The lowest BCUT2D eigenvalue weighted by Crippen LogP contribution is -2.36. The summed E-state index contributed by atoms with van der Waals surface area (Å²) in [6, 6.07) is 0.771. The van der Waals surface area contributed by atoms with Crippen LogP contribution in [-0.4, -0.2) is 48.3 Å². The van der Waals surface area contributed by atoms with Crippen LogP contribution < -0.4 is 0 Å². The maximum atomic E-state index is 5.31. The molecule has 0 bridgehead atoms. The zero-order chi connectivity index (χ0) is 15.1. The SMILES string of the molecule is Cc1noc(C2CCN([C@@H](C)c3nnnn3C3CC3)CC2)n1. The fraction of sp³-hybridized carbons (Fsp3) is 0.786. The molecule has 2 fully saturated rings. The third-order valence-corrected chi connectivity index (χ3v) is 4.75. The Morgan fingerprint density at radius 2 is 1.95 bits per heavy atom. The van der Waals surface area contributed by atoms with Crippen molar-refractivity contribution in [2.24, 2.45) is 0 Å². The summed E-state index contributed by atoms with van der Waals surface area (Å²) in [4.78, 5) is 6.82. The highest BCUT2D eigenvalue weighted by Gasteiger charge is 2.33. The molecule has 118 valence electrons. The first-order valence-electron chi connectivity index (χ1n) is 8.04. The van der Waals surface area contributed by atoms with E-state index in [9.17, 15) is 0 Å². The number of hydrogen-bond acceptors (Lipinski definition) is 7. The lowest BCUT2D eigenvalue weighted by Gasteiger charge is -2.34. The van der Waals surface area contributed by atoms with Crippen molar-refractivity contribution in [2.45, 2.75) is 57.5 Å². The molecule has 0 radical (unpaired) electrons. The summed E-state index contributed by atoms with van der Waals surface area (Å²) in [7, 11) is 0. The number of hydrogen-bond donors (Lipinski definition) is 0. The molecule has 1 aliphatic carbocycles. The van der Waals surface area contributed by atoms with Gasteiger partial charge in [-0.1, -0.05) is 5.16 Å². The van der Waals surface area contributed by atoms with Gasteiger partial charge in [0, 0.05) is 5.92 Å². The number of nitrogens with zero attached hydrogens (tertiary/aromatic N) is 7. The van der Waals surface area contributed by atoms with Gasteiger partial charge in [-0.2, -0.15) is 4.98 Å². The lowest BCUT2D eigenvalue weighted by molar-refractivity contribution is 0.143. The summed E-state index contributed by atoms with van der Waals surface area (Å²) >= 11 is 0. The predicted octanol–water partition coefficient (Wildman–Crippen LogP) is 1.64. The molecule has 2 aromatic rings. The summed E-state index contributed by atoms with van der Waals surface area (Å²) in [6.07, 6.45) is 4.47. The Bertz CT molecular complexity index is 639. The Balaban J connectivity index is 1.41. The van der Waals surface area contributed by atoms with E-state index in [1.165, 1.54) is 12.8 Å². The van der Waals surface area contributed by atoms with Crippen LogP contribution in [0, 0.1) is 6.92 Å². The molecular weight excluding hydrogens is 282 g/mol. The maximum absolute atomic E-state index is 5.31. The van der Waals surface area contributed by atoms with Gasteiger partial charge in [-0.15, -0.1) is 5.10 Å². The fourth-order valence-electron chi connectivity index (χ4n) is 3.23. The maximum Gasteiger partial charge on any atom is 0.229 e. The first kappa shape index (κ1) is 13.8. The first-order chi connectivity index (χ1) is 10.7. The van der Waals surface area contributed by atoms with Crippen LogP contribution in [0.3, 0.4) is 0 Å². The number of likely N-dealkylation sites (tertiary alicyclic amines) is 1. The molecule has 22 heavy (non-hydrogen) atoms. The highest BCUT2D eigenvalue weighted by Crippen LogP contribution is 2.37. The van der Waals surface area contributed by atoms with Crippen molar-refractivity contribution in [3.8, 4) is 0 Å². The van der Waals surface area contributed by atoms with E-state index in [4.69, 9.17) is 4.52 Å². The fourth-order valence-corrected chi connectivity index (χ4v) is 3.23. The monoisotopic (exact) mass is 303 g/mol. The Labute approximate surface area is 128 Å². The Morgan fingerprint density at radius 3 is 2.59 bits per heavy atom. The van der Waals surface area contributed by atoms with Crippen LogP contribution in [0.4, 0.5) is 0 Å². The zero-order valence-electron chi connectivity index (χ0n) is 13.0. The van der Waals surface area contributed by atoms with Crippen molar-refractivity contribution in [3.05, 3.63) is 17.5 Å². The van der Waals surface area contributed by atoms with E-state index in [1.54, 1.807) is 0 Å². The van der Waals surface area contributed by atoms with Gasteiger partial charge in [0.2, 0.25) is 5.89 Å². The summed E-state index contributed by atoms with van der Waals surface area (Å²) in [5.74, 6) is 2.88. The van der Waals surface area contributed by atoms with Gasteiger partial charge in [-0.05, 0) is 63.0 Å². The topological polar surface area (TPSA) is 85.8 Å². The molecule has 8 nitrogen and oxygen atoms in total. The van der Waals surface area contributed by atoms with Crippen molar-refractivity contribution >= 4 is 0 Å². The molecule has 1 saturated carbocycles. The van der Waals surface area contributed by atoms with E-state index in [0.29, 0.717) is 12.0 Å². The van der Waals surface area contributed by atoms with Crippen LogP contribution in [0.15, 0.2) is 4.52 Å². The molecule has 3 heterocycles. The van der Waals surface area contributed by atoms with Crippen molar-refractivity contribution < 1.29 is 4.52 Å². The molecule has 0 unspecified atom stereocenters. The summed E-state index contributed by atoms with van der Waals surface area (Å²) in [6.45, 7) is 6.07. The zero-order valence-corrected chi connectivity index (χ0v) is 13.0. The molecule has 0 N–H and O–H groups in total. The normalized spacial score (nSPS) is 22.1. The molecule has 8 heteroatoms. The number of aromatic nitrogens is 6. The van der Waals surface area contributed by atoms with Crippen LogP contribution >= 0.6 is 0 Å². The van der Waals surface area contributed by atoms with Crippen molar-refractivity contribution in [2.75, 3.05) is 13.1 Å². The average Bonchev–Trinajstić information content (AvgIpc) is 3.10. The average molecular weight is 303 g/mol. The van der Waals surface area contributed by atoms with Crippen molar-refractivity contribution in [3.63, 3.8) is 0 Å². The summed E-state index contributed by atoms with van der Waals surface area (Å²) in [5, 5.41) is 16.2. The smallest absolute Gasteiger partial charge is 0.229 e. The van der Waals surface area contributed by atoms with Gasteiger partial charge in [0.25, 0.3) is 0 Å². The van der Waals surface area contributed by atoms with Crippen molar-refractivity contribution in [1.82, 2.24) is 35.2 Å². The van der Waals surface area contributed by atoms with Gasteiger partial charge in [0.1, 0.15) is 0 Å². The van der Waals surface area contributed by atoms with E-state index in [1.807, 2.05) is 11.6 Å². The Morgan fingerprint density at radius 1 is 1.18 bits per heavy atom. The van der Waals surface area contributed by atoms with Crippen molar-refractivity contribution in [1.29, 1.82) is 0 Å². The third kappa shape index (κ3) is 2.51. The molecule has 4 rings (SSSR count). The summed E-state index contributed by atoms with van der Waals surface area (Å²) < 4.78 is 7.33. The van der Waals surface area contributed by atoms with E-state index in [2.05, 4.69) is 37.5 Å². The van der Waals surface area contributed by atoms with Gasteiger partial charge in [0.15, 0.2) is 11.6 Å². The Hall–Kier alpha value is -1.83. The minimum absolute atomic E-state index is 0.251. The van der Waals surface area contributed by atoms with Gasteiger partial charge in [-0.25, -0.2) is 4.68 Å². The number of tetrazole rings is 1. The molecule has 2 aliphatic rings. The standard InChI is InChI=1S/C14H21N7O/c1-9(13-16-18-19-21(13)12-3-4-12)20-7-5-11(6-8-20)14-15-10(2)17-22-14/h9,11-12H,3-8H2,1-2H3/t9-/m0/s1. The summed E-state index contributed by atoms with van der Waals surface area (Å²) in [5.41, 5.74) is 0. The van der Waals surface area contributed by atoms with Crippen LogP contribution in [0.5, 0.6) is 0 Å². The van der Waals surface area contributed by atoms with E-state index in [-0.39, 0.29) is 6.04 Å². The molecule has 2 aromatic heterocycles. The second-order valence-corrected chi connectivity index (χ2v) is 6.38. The molecule has 1 atom stereocenters. The van der Waals surface area contributed by atoms with Crippen LogP contribution in [0.2, 0.25) is 0 Å². The highest BCUT2D eigenvalue weighted by atomic mass is 16.5. The van der Waals surface area contributed by atoms with Gasteiger partial charge in [-0.3, -0.25) is 4.90 Å². The molecule has 0 amide bonds. The quantitative estimate of drug-likeness (QED) is 0.848. The lowest BCUT2D eigenvalue weighted by atomic mass is 9.95. The number of piperidine rings is 1. The molecule has 1 saturated heterocycles. The minimum Gasteiger partial charge on any atom is -0.339 e. The molecule has 0 spiro atoms. The van der Waals surface area contributed by atoms with Gasteiger partial charge < -0.3 is 4.52 Å². The number of aryl methyl sites for hydroxylation is 1. The van der Waals surface area contributed by atoms with Crippen LogP contribution in [0.25, 0.3) is 0 Å². The Kier molecular flexibility index (Phi) is 3.40. The van der Waals surface area contributed by atoms with Gasteiger partial charge in [0.05, 0.1) is 12.1 Å². The molecule has 0 aromatic carbocycles. The second kappa shape index (κ2) is 5.42. The van der Waals surface area contributed by atoms with Crippen LogP contribution in [0.1, 0.15) is 68.1 Å². The van der Waals surface area contributed by atoms with E-state index >= 15 is 0 Å². The number of rotatable bonds is 4. The van der Waals surface area contributed by atoms with E-state index < -0.39 is 0 Å². The second-order valence-electron chi connectivity index (χ2n) is 6.38. The van der Waals surface area contributed by atoms with Gasteiger partial charge >= 0.3 is 0 Å². The van der Waals surface area contributed by atoms with Crippen LogP contribution in [-0.2, 0) is 0 Å². The van der Waals surface area contributed by atoms with E-state index in [0.717, 1.165) is 43.5 Å². The first-order valence-corrected chi connectivity index (χ1v) is 8.04. The minimum atomic E-state index is 0.251. The largest absolute Gasteiger partial charge is 0.339 e. The molecular formula is C14H21N7O. The predicted molar refractivity (Wildman–Crippen MR) is 77.1 cm³/mol. The third-order valence-electron chi connectivity index (χ3n) is 4.75.